The minimum atomic E-state index is -0.0172. The van der Waals surface area contributed by atoms with E-state index in [0.29, 0.717) is 5.19 Å². The van der Waals surface area contributed by atoms with E-state index >= 15 is 0 Å². The Morgan fingerprint density at radius 3 is 2.91 bits per heavy atom. The van der Waals surface area contributed by atoms with Crippen molar-refractivity contribution in [3.63, 3.8) is 0 Å². The van der Waals surface area contributed by atoms with Gasteiger partial charge in [-0.2, -0.15) is 0 Å². The van der Waals surface area contributed by atoms with Gasteiger partial charge in [-0.25, -0.2) is 4.98 Å². The number of nitrogens with zero attached hydrogens (tertiary/aromatic N) is 2. The maximum atomic E-state index is 12.5. The Morgan fingerprint density at radius 1 is 1.17 bits per heavy atom. The van der Waals surface area contributed by atoms with Crippen LogP contribution in [0.25, 0.3) is 10.2 Å². The lowest BCUT2D eigenvalue weighted by Gasteiger charge is -2.29. The van der Waals surface area contributed by atoms with Crippen LogP contribution in [0.2, 0.25) is 0 Å². The van der Waals surface area contributed by atoms with Gasteiger partial charge in [-0.1, -0.05) is 41.7 Å². The Hall–Kier alpha value is -2.40. The molecule has 0 atom stereocenters. The van der Waals surface area contributed by atoms with Crippen LogP contribution in [0.4, 0.5) is 5.69 Å². The molecule has 0 N–H and O–H groups in total. The van der Waals surface area contributed by atoms with Gasteiger partial charge in [0.2, 0.25) is 0 Å². The summed E-state index contributed by atoms with van der Waals surface area (Å²) in [5, 5.41) is 0.546. The Bertz CT molecular complexity index is 826. The molecule has 0 aliphatic carbocycles. The molecule has 1 aromatic heterocycles. The summed E-state index contributed by atoms with van der Waals surface area (Å²) >= 11 is 1.47. The summed E-state index contributed by atoms with van der Waals surface area (Å²) < 4.78 is 6.71. The molecule has 1 amide bonds. The van der Waals surface area contributed by atoms with E-state index < -0.39 is 0 Å². The Morgan fingerprint density at radius 2 is 2.00 bits per heavy atom. The monoisotopic (exact) mass is 324 g/mol. The molecule has 116 valence electrons. The summed E-state index contributed by atoms with van der Waals surface area (Å²) in [6, 6.07) is 15.9. The normalized spacial score (nSPS) is 13.8. The maximum Gasteiger partial charge on any atom is 0.274 e. The molecule has 1 aliphatic heterocycles. The highest BCUT2D eigenvalue weighted by Crippen LogP contribution is 2.29. The van der Waals surface area contributed by atoms with Crippen molar-refractivity contribution < 1.29 is 9.53 Å². The van der Waals surface area contributed by atoms with Crippen LogP contribution in [0, 0.1) is 0 Å². The second-order valence-corrected chi connectivity index (χ2v) is 6.51. The molecule has 0 unspecified atom stereocenters. The fraction of sp³-hybridized carbons (Fsp3) is 0.222. The molecule has 1 aliphatic rings. The van der Waals surface area contributed by atoms with Gasteiger partial charge in [0.05, 0.1) is 10.2 Å². The average Bonchev–Trinajstić information content (AvgIpc) is 3.02. The number of para-hydroxylation sites is 2. The smallest absolute Gasteiger partial charge is 0.274 e. The summed E-state index contributed by atoms with van der Waals surface area (Å²) in [7, 11) is 0. The molecule has 0 saturated carbocycles. The largest absolute Gasteiger partial charge is 0.460 e. The number of carbonyl (C=O) groups excluding carboxylic acids is 1. The van der Waals surface area contributed by atoms with Gasteiger partial charge in [-0.05, 0) is 36.6 Å². The van der Waals surface area contributed by atoms with Gasteiger partial charge in [-0.3, -0.25) is 4.79 Å². The number of hydrogen-bond acceptors (Lipinski definition) is 4. The lowest BCUT2D eigenvalue weighted by molar-refractivity contribution is -0.120. The quantitative estimate of drug-likeness (QED) is 0.738. The fourth-order valence-corrected chi connectivity index (χ4v) is 3.72. The van der Waals surface area contributed by atoms with Crippen LogP contribution in [0.15, 0.2) is 48.5 Å². The van der Waals surface area contributed by atoms with Crippen molar-refractivity contribution in [3.05, 3.63) is 54.1 Å². The molecule has 0 fully saturated rings. The summed E-state index contributed by atoms with van der Waals surface area (Å²) in [6.45, 7) is 0.771. The van der Waals surface area contributed by atoms with Crippen LogP contribution in [0.3, 0.4) is 0 Å². The molecular weight excluding hydrogens is 308 g/mol. The molecule has 0 radical (unpaired) electrons. The number of thiazole rings is 1. The molecule has 5 heteroatoms. The van der Waals surface area contributed by atoms with E-state index in [0.717, 1.165) is 35.3 Å². The Labute approximate surface area is 138 Å². The van der Waals surface area contributed by atoms with Crippen LogP contribution in [-0.2, 0) is 11.2 Å². The van der Waals surface area contributed by atoms with Crippen LogP contribution in [0.1, 0.15) is 12.0 Å². The second kappa shape index (κ2) is 6.01. The number of hydrogen-bond donors (Lipinski definition) is 0. The summed E-state index contributed by atoms with van der Waals surface area (Å²) in [4.78, 5) is 18.8. The predicted molar refractivity (Wildman–Crippen MR) is 92.2 cm³/mol. The molecule has 2 heterocycles. The lowest BCUT2D eigenvalue weighted by Crippen LogP contribution is -2.38. The van der Waals surface area contributed by atoms with Crippen molar-refractivity contribution >= 4 is 33.1 Å². The van der Waals surface area contributed by atoms with Crippen LogP contribution in [0.5, 0.6) is 5.19 Å². The lowest BCUT2D eigenvalue weighted by atomic mass is 10.0. The summed E-state index contributed by atoms with van der Waals surface area (Å²) in [6.07, 6.45) is 2.02. The first-order valence-corrected chi connectivity index (χ1v) is 8.49. The number of carbonyl (C=O) groups is 1. The van der Waals surface area contributed by atoms with Gasteiger partial charge >= 0.3 is 0 Å². The molecule has 0 spiro atoms. The molecule has 2 aromatic carbocycles. The van der Waals surface area contributed by atoms with Gasteiger partial charge in [0.25, 0.3) is 11.1 Å². The van der Waals surface area contributed by atoms with E-state index in [1.165, 1.54) is 16.9 Å². The Balaban J connectivity index is 1.48. The first-order chi connectivity index (χ1) is 11.3. The number of anilines is 1. The zero-order chi connectivity index (χ0) is 15.6. The summed E-state index contributed by atoms with van der Waals surface area (Å²) in [5.41, 5.74) is 3.15. The van der Waals surface area contributed by atoms with Gasteiger partial charge in [0, 0.05) is 12.2 Å². The highest BCUT2D eigenvalue weighted by atomic mass is 32.1. The predicted octanol–water partition coefficient (Wildman–Crippen LogP) is 3.65. The second-order valence-electron chi connectivity index (χ2n) is 5.51. The van der Waals surface area contributed by atoms with Crippen LogP contribution in [-0.4, -0.2) is 24.0 Å². The third-order valence-corrected chi connectivity index (χ3v) is 4.95. The van der Waals surface area contributed by atoms with Gasteiger partial charge < -0.3 is 9.64 Å². The highest BCUT2D eigenvalue weighted by molar-refractivity contribution is 7.20. The van der Waals surface area contributed by atoms with E-state index in [1.54, 1.807) is 0 Å². The number of fused-ring (bicyclic) bond motifs is 2. The summed E-state index contributed by atoms with van der Waals surface area (Å²) in [5.74, 6) is -0.0172. The molecule has 0 saturated heterocycles. The zero-order valence-electron chi connectivity index (χ0n) is 12.6. The van der Waals surface area contributed by atoms with Crippen molar-refractivity contribution in [3.8, 4) is 5.19 Å². The molecule has 3 aromatic rings. The van der Waals surface area contributed by atoms with E-state index in [9.17, 15) is 4.79 Å². The van der Waals surface area contributed by atoms with Crippen molar-refractivity contribution in [2.24, 2.45) is 0 Å². The number of rotatable bonds is 3. The Kier molecular flexibility index (Phi) is 3.71. The standard InChI is InChI=1S/C18H16N2O2S/c21-17(20-11-5-7-13-6-1-3-9-15(13)20)12-22-18-19-14-8-2-4-10-16(14)23-18/h1-4,6,8-10H,5,7,11-12H2. The fourth-order valence-electron chi connectivity index (χ4n) is 2.91. The van der Waals surface area contributed by atoms with Gasteiger partial charge in [-0.15, -0.1) is 0 Å². The first kappa shape index (κ1) is 14.2. The molecule has 23 heavy (non-hydrogen) atoms. The first-order valence-electron chi connectivity index (χ1n) is 7.68. The number of benzene rings is 2. The zero-order valence-corrected chi connectivity index (χ0v) is 13.4. The van der Waals surface area contributed by atoms with Gasteiger partial charge in [0.1, 0.15) is 0 Å². The molecule has 4 nitrogen and oxygen atoms in total. The maximum absolute atomic E-state index is 12.5. The molecular formula is C18H16N2O2S. The molecule has 0 bridgehead atoms. The SMILES string of the molecule is O=C(COc1nc2ccccc2s1)N1CCCc2ccccc21. The third kappa shape index (κ3) is 2.80. The topological polar surface area (TPSA) is 42.4 Å². The number of ether oxygens (including phenoxy) is 1. The van der Waals surface area contributed by atoms with Crippen molar-refractivity contribution in [1.29, 1.82) is 0 Å². The van der Waals surface area contributed by atoms with Crippen molar-refractivity contribution in [1.82, 2.24) is 4.98 Å². The number of amides is 1. The van der Waals surface area contributed by atoms with Crippen molar-refractivity contribution in [2.75, 3.05) is 18.1 Å². The number of aromatic nitrogens is 1. The minimum Gasteiger partial charge on any atom is -0.460 e. The van der Waals surface area contributed by atoms with E-state index in [1.807, 2.05) is 47.4 Å². The molecule has 4 rings (SSSR count). The van der Waals surface area contributed by atoms with Crippen LogP contribution >= 0.6 is 11.3 Å². The minimum absolute atomic E-state index is 0.0172. The van der Waals surface area contributed by atoms with E-state index in [-0.39, 0.29) is 12.5 Å². The van der Waals surface area contributed by atoms with Crippen molar-refractivity contribution in [2.45, 2.75) is 12.8 Å². The average molecular weight is 324 g/mol. The van der Waals surface area contributed by atoms with Crippen LogP contribution < -0.4 is 9.64 Å². The third-order valence-electron chi connectivity index (χ3n) is 4.00. The van der Waals surface area contributed by atoms with E-state index in [2.05, 4.69) is 11.1 Å². The number of aryl methyl sites for hydroxylation is 1. The van der Waals surface area contributed by atoms with Gasteiger partial charge in [0.15, 0.2) is 6.61 Å². The highest BCUT2D eigenvalue weighted by Gasteiger charge is 2.22. The van der Waals surface area contributed by atoms with E-state index in [4.69, 9.17) is 4.74 Å².